The maximum Gasteiger partial charge on any atom is 0.472 e. The van der Waals surface area contributed by atoms with Crippen LogP contribution in [0.5, 0.6) is 0 Å². The zero-order valence-electron chi connectivity index (χ0n) is 41.0. The van der Waals surface area contributed by atoms with Crippen LogP contribution in [0.2, 0.25) is 0 Å². The van der Waals surface area contributed by atoms with Crippen molar-refractivity contribution in [2.45, 2.75) is 225 Å². The topological polar surface area (TPSA) is 112 Å². The number of rotatable bonds is 47. The van der Waals surface area contributed by atoms with Gasteiger partial charge in [-0.25, -0.2) is 4.57 Å². The van der Waals surface area contributed by atoms with Gasteiger partial charge in [-0.3, -0.25) is 18.6 Å². The Morgan fingerprint density at radius 2 is 0.889 bits per heavy atom. The second-order valence-electron chi connectivity index (χ2n) is 17.4. The number of phosphoric acid groups is 1. The number of carbonyl (C=O) groups is 2. The van der Waals surface area contributed by atoms with E-state index in [2.05, 4.69) is 62.5 Å². The number of hydrogen-bond acceptors (Lipinski definition) is 8. The molecular weight excluding hydrogens is 810 g/mol. The Bertz CT molecular complexity index is 1230. The molecule has 9 nitrogen and oxygen atoms in total. The summed E-state index contributed by atoms with van der Waals surface area (Å²) < 4.78 is 33.5. The Hall–Kier alpha value is -2.29. The van der Waals surface area contributed by atoms with Crippen LogP contribution >= 0.6 is 7.82 Å². The summed E-state index contributed by atoms with van der Waals surface area (Å²) in [4.78, 5) is 37.2. The first kappa shape index (κ1) is 60.7. The lowest BCUT2D eigenvalue weighted by Crippen LogP contribution is -2.29. The third-order valence-electron chi connectivity index (χ3n) is 10.8. The van der Waals surface area contributed by atoms with E-state index >= 15 is 0 Å². The zero-order chi connectivity index (χ0) is 46.2. The molecule has 10 heteroatoms. The molecule has 0 radical (unpaired) electrons. The highest BCUT2D eigenvalue weighted by Gasteiger charge is 2.26. The van der Waals surface area contributed by atoms with Gasteiger partial charge in [0.2, 0.25) is 0 Å². The first-order chi connectivity index (χ1) is 30.7. The molecule has 0 aliphatic heterocycles. The first-order valence-corrected chi connectivity index (χ1v) is 27.1. The van der Waals surface area contributed by atoms with E-state index in [-0.39, 0.29) is 32.0 Å². The number of esters is 2. The van der Waals surface area contributed by atoms with Gasteiger partial charge in [0, 0.05) is 19.4 Å². The summed E-state index contributed by atoms with van der Waals surface area (Å²) in [5, 5.41) is 0. The molecule has 366 valence electrons. The Balaban J connectivity index is 4.27. The minimum absolute atomic E-state index is 0.00683. The number of hydrogen-bond donors (Lipinski definition) is 1. The predicted molar refractivity (Wildman–Crippen MR) is 266 cm³/mol. The summed E-state index contributed by atoms with van der Waals surface area (Å²) in [5.41, 5.74) is 0. The first-order valence-electron chi connectivity index (χ1n) is 25.6. The van der Waals surface area contributed by atoms with Gasteiger partial charge in [-0.05, 0) is 65.5 Å². The van der Waals surface area contributed by atoms with Crippen molar-refractivity contribution < 1.29 is 37.6 Å². The summed E-state index contributed by atoms with van der Waals surface area (Å²) >= 11 is 0. The average Bonchev–Trinajstić information content (AvgIpc) is 3.25. The number of likely N-dealkylation sites (N-methyl/N-ethyl adjacent to an activating group) is 1. The normalized spacial score (nSPS) is 13.7. The molecule has 1 N–H and O–H groups in total. The number of allylic oxidation sites excluding steroid dienone is 10. The van der Waals surface area contributed by atoms with Crippen LogP contribution in [0.1, 0.15) is 219 Å². The second kappa shape index (κ2) is 47.7. The summed E-state index contributed by atoms with van der Waals surface area (Å²) in [6.07, 6.45) is 57.2. The van der Waals surface area contributed by atoms with Crippen molar-refractivity contribution in [3.63, 3.8) is 0 Å². The molecular formula is C53H96NO8P. The van der Waals surface area contributed by atoms with E-state index in [9.17, 15) is 19.0 Å². The van der Waals surface area contributed by atoms with E-state index in [1.54, 1.807) is 0 Å². The minimum Gasteiger partial charge on any atom is -0.462 e. The standard InChI is InChI=1S/C53H96NO8P/c1-5-7-9-11-13-15-17-19-21-23-25-26-28-29-31-33-35-37-39-41-43-45-52(55)59-49-51(50-61-63(57,58)60-48-47-54(3)4)62-53(56)46-44-42-40-38-36-34-32-30-27-24-22-20-18-16-14-12-10-8-6-2/h14,16,20,22,27,30,34,36,40,42,51H,5-13,15,17-19,21,23-26,28-29,31-33,35,37-39,41,43-50H2,1-4H3,(H,57,58)/b16-14-,22-20-,30-27-,36-34-,42-40-. The molecule has 0 bridgehead atoms. The lowest BCUT2D eigenvalue weighted by Gasteiger charge is -2.20. The maximum atomic E-state index is 12.7. The molecule has 0 aromatic heterocycles. The fourth-order valence-corrected chi connectivity index (χ4v) is 7.65. The van der Waals surface area contributed by atoms with Crippen LogP contribution in [0.25, 0.3) is 0 Å². The lowest BCUT2D eigenvalue weighted by molar-refractivity contribution is -0.161. The molecule has 0 saturated carbocycles. The van der Waals surface area contributed by atoms with Crippen LogP contribution in [-0.2, 0) is 32.7 Å². The van der Waals surface area contributed by atoms with Crippen molar-refractivity contribution in [2.24, 2.45) is 0 Å². The molecule has 0 amide bonds. The summed E-state index contributed by atoms with van der Waals surface area (Å²) in [7, 11) is -0.749. The SMILES string of the molecule is CCCCC/C=C\C/C=C\C/C=C\C/C=C\C/C=C\CCC(=O)OC(COC(=O)CCCCCCCCCCCCCCCCCCCCCCC)COP(=O)(O)OCCN(C)C. The maximum absolute atomic E-state index is 12.7. The van der Waals surface area contributed by atoms with Crippen LogP contribution in [0.4, 0.5) is 0 Å². The van der Waals surface area contributed by atoms with E-state index < -0.39 is 26.5 Å². The van der Waals surface area contributed by atoms with Crippen LogP contribution in [0, 0.1) is 0 Å². The highest BCUT2D eigenvalue weighted by molar-refractivity contribution is 7.47. The van der Waals surface area contributed by atoms with E-state index in [1.807, 2.05) is 31.1 Å². The van der Waals surface area contributed by atoms with Crippen molar-refractivity contribution in [2.75, 3.05) is 40.5 Å². The molecule has 0 aromatic carbocycles. The van der Waals surface area contributed by atoms with Crippen LogP contribution < -0.4 is 0 Å². The number of unbranched alkanes of at least 4 members (excludes halogenated alkanes) is 23. The number of ether oxygens (including phenoxy) is 2. The fraction of sp³-hybridized carbons (Fsp3) is 0.774. The van der Waals surface area contributed by atoms with Crippen molar-refractivity contribution in [1.29, 1.82) is 0 Å². The van der Waals surface area contributed by atoms with Gasteiger partial charge in [0.25, 0.3) is 0 Å². The van der Waals surface area contributed by atoms with E-state index in [1.165, 1.54) is 141 Å². The molecule has 0 rings (SSSR count). The molecule has 0 aliphatic rings. The highest BCUT2D eigenvalue weighted by atomic mass is 31.2. The second-order valence-corrected chi connectivity index (χ2v) is 18.8. The summed E-state index contributed by atoms with van der Waals surface area (Å²) in [6, 6.07) is 0. The fourth-order valence-electron chi connectivity index (χ4n) is 6.91. The smallest absolute Gasteiger partial charge is 0.462 e. The average molecular weight is 906 g/mol. The number of nitrogens with zero attached hydrogens (tertiary/aromatic N) is 1. The summed E-state index contributed by atoms with van der Waals surface area (Å²) in [5.74, 6) is -0.893. The van der Waals surface area contributed by atoms with Gasteiger partial charge in [0.1, 0.15) is 6.61 Å². The Kier molecular flexibility index (Phi) is 45.9. The highest BCUT2D eigenvalue weighted by Crippen LogP contribution is 2.43. The molecule has 0 saturated heterocycles. The molecule has 2 atom stereocenters. The van der Waals surface area contributed by atoms with Crippen LogP contribution in [0.3, 0.4) is 0 Å². The van der Waals surface area contributed by atoms with Gasteiger partial charge in [-0.2, -0.15) is 0 Å². The Labute approximate surface area is 387 Å². The molecule has 0 aromatic rings. The van der Waals surface area contributed by atoms with Crippen molar-refractivity contribution in [3.05, 3.63) is 60.8 Å². The van der Waals surface area contributed by atoms with Crippen molar-refractivity contribution >= 4 is 19.8 Å². The minimum atomic E-state index is -4.39. The molecule has 0 aliphatic carbocycles. The zero-order valence-corrected chi connectivity index (χ0v) is 41.9. The third-order valence-corrected chi connectivity index (χ3v) is 11.8. The third kappa shape index (κ3) is 49.0. The molecule has 0 heterocycles. The van der Waals surface area contributed by atoms with Gasteiger partial charge in [-0.1, -0.05) is 216 Å². The number of phosphoric ester groups is 1. The monoisotopic (exact) mass is 906 g/mol. The molecule has 2 unspecified atom stereocenters. The van der Waals surface area contributed by atoms with Gasteiger partial charge in [-0.15, -0.1) is 0 Å². The Morgan fingerprint density at radius 1 is 0.492 bits per heavy atom. The van der Waals surface area contributed by atoms with Crippen molar-refractivity contribution in [1.82, 2.24) is 4.90 Å². The van der Waals surface area contributed by atoms with Gasteiger partial charge in [0.05, 0.1) is 13.2 Å². The van der Waals surface area contributed by atoms with Gasteiger partial charge >= 0.3 is 19.8 Å². The summed E-state index contributed by atoms with van der Waals surface area (Å²) in [6.45, 7) is 4.24. The van der Waals surface area contributed by atoms with Crippen LogP contribution in [-0.4, -0.2) is 68.3 Å². The molecule has 63 heavy (non-hydrogen) atoms. The van der Waals surface area contributed by atoms with E-state index in [0.29, 0.717) is 13.0 Å². The van der Waals surface area contributed by atoms with Crippen LogP contribution in [0.15, 0.2) is 60.8 Å². The number of carbonyl (C=O) groups excluding carboxylic acids is 2. The molecule has 0 fully saturated rings. The molecule has 0 spiro atoms. The predicted octanol–water partition coefficient (Wildman–Crippen LogP) is 15.4. The van der Waals surface area contributed by atoms with Crippen molar-refractivity contribution in [3.8, 4) is 0 Å². The Morgan fingerprint density at radius 3 is 1.33 bits per heavy atom. The van der Waals surface area contributed by atoms with Gasteiger partial charge < -0.3 is 19.3 Å². The quantitative estimate of drug-likeness (QED) is 0.0276. The van der Waals surface area contributed by atoms with E-state index in [0.717, 1.165) is 44.9 Å². The van der Waals surface area contributed by atoms with Gasteiger partial charge in [0.15, 0.2) is 6.10 Å². The lowest BCUT2D eigenvalue weighted by atomic mass is 10.0. The largest absolute Gasteiger partial charge is 0.472 e. The van der Waals surface area contributed by atoms with E-state index in [4.69, 9.17) is 18.5 Å².